The van der Waals surface area contributed by atoms with E-state index in [9.17, 15) is 10.1 Å². The van der Waals surface area contributed by atoms with Crippen molar-refractivity contribution < 1.29 is 4.92 Å². The van der Waals surface area contributed by atoms with E-state index in [4.69, 9.17) is 0 Å². The van der Waals surface area contributed by atoms with Gasteiger partial charge in [-0.15, -0.1) is 11.8 Å². The molecule has 5 heteroatoms. The second-order valence-electron chi connectivity index (χ2n) is 3.27. The molecule has 0 radical (unpaired) electrons. The number of benzene rings is 1. The van der Waals surface area contributed by atoms with Gasteiger partial charge in [0.2, 0.25) is 0 Å². The molecule has 0 aliphatic heterocycles. The van der Waals surface area contributed by atoms with Gasteiger partial charge in [-0.25, -0.2) is 0 Å². The summed E-state index contributed by atoms with van der Waals surface area (Å²) >= 11 is 1.60. The number of fused-ring (bicyclic) bond motifs is 1. The Labute approximate surface area is 90.8 Å². The summed E-state index contributed by atoms with van der Waals surface area (Å²) in [4.78, 5) is 14.5. The summed E-state index contributed by atoms with van der Waals surface area (Å²) in [6, 6.07) is 4.88. The van der Waals surface area contributed by atoms with E-state index >= 15 is 0 Å². The van der Waals surface area contributed by atoms with E-state index in [0.717, 1.165) is 21.5 Å². The predicted molar refractivity (Wildman–Crippen MR) is 61.5 cm³/mol. The number of thioether (sulfide) groups is 1. The molecule has 1 aromatic heterocycles. The van der Waals surface area contributed by atoms with Gasteiger partial charge >= 0.3 is 0 Å². The third kappa shape index (κ3) is 1.59. The fourth-order valence-electron chi connectivity index (χ4n) is 1.67. The molecular weight excluding hydrogens is 212 g/mol. The Balaban J connectivity index is 2.73. The van der Waals surface area contributed by atoms with E-state index in [1.165, 1.54) is 6.07 Å². The maximum Gasteiger partial charge on any atom is 0.270 e. The third-order valence-corrected chi connectivity index (χ3v) is 3.26. The smallest absolute Gasteiger partial charge is 0.270 e. The predicted octanol–water partition coefficient (Wildman–Crippen LogP) is 3.11. The minimum Gasteiger partial charge on any atom is -0.358 e. The first-order valence-electron chi connectivity index (χ1n) is 4.44. The summed E-state index contributed by atoms with van der Waals surface area (Å²) in [6.07, 6.45) is 1.97. The molecular formula is C10H10N2O2S. The highest BCUT2D eigenvalue weighted by molar-refractivity contribution is 7.98. The van der Waals surface area contributed by atoms with Crippen LogP contribution in [0.5, 0.6) is 0 Å². The number of rotatable bonds is 2. The highest BCUT2D eigenvalue weighted by Gasteiger charge is 2.12. The Morgan fingerprint density at radius 1 is 1.47 bits per heavy atom. The van der Waals surface area contributed by atoms with Crippen molar-refractivity contribution in [3.8, 4) is 0 Å². The number of nitrogens with zero attached hydrogens (tertiary/aromatic N) is 1. The zero-order chi connectivity index (χ0) is 11.0. The summed E-state index contributed by atoms with van der Waals surface area (Å²) in [7, 11) is 0. The molecule has 0 bridgehead atoms. The lowest BCUT2D eigenvalue weighted by Gasteiger charge is -1.95. The molecule has 0 saturated carbocycles. The summed E-state index contributed by atoms with van der Waals surface area (Å²) in [5.41, 5.74) is 2.14. The lowest BCUT2D eigenvalue weighted by molar-refractivity contribution is -0.384. The van der Waals surface area contributed by atoms with Crippen LogP contribution in [0.4, 0.5) is 5.69 Å². The lowest BCUT2D eigenvalue weighted by atomic mass is 10.2. The Hall–Kier alpha value is -1.49. The van der Waals surface area contributed by atoms with Crippen LogP contribution in [0.1, 0.15) is 5.69 Å². The van der Waals surface area contributed by atoms with Gasteiger partial charge in [0.1, 0.15) is 0 Å². The van der Waals surface area contributed by atoms with Gasteiger partial charge in [0.05, 0.1) is 4.92 Å². The number of nitrogens with one attached hydrogen (secondary N) is 1. The number of H-pyrrole nitrogens is 1. The van der Waals surface area contributed by atoms with Crippen LogP contribution in [0.2, 0.25) is 0 Å². The number of aromatic amines is 1. The van der Waals surface area contributed by atoms with Gasteiger partial charge in [0.15, 0.2) is 0 Å². The fourth-order valence-corrected chi connectivity index (χ4v) is 2.41. The van der Waals surface area contributed by atoms with Crippen LogP contribution < -0.4 is 0 Å². The highest BCUT2D eigenvalue weighted by Crippen LogP contribution is 2.31. The van der Waals surface area contributed by atoms with Gasteiger partial charge in [-0.2, -0.15) is 0 Å². The van der Waals surface area contributed by atoms with E-state index in [0.29, 0.717) is 0 Å². The average Bonchev–Trinajstić information content (AvgIpc) is 2.51. The molecule has 1 N–H and O–H groups in total. The summed E-state index contributed by atoms with van der Waals surface area (Å²) < 4.78 is 0. The summed E-state index contributed by atoms with van der Waals surface area (Å²) in [5, 5.41) is 11.6. The largest absolute Gasteiger partial charge is 0.358 e. The molecule has 2 rings (SSSR count). The molecule has 0 saturated heterocycles. The van der Waals surface area contributed by atoms with Crippen LogP contribution >= 0.6 is 11.8 Å². The Morgan fingerprint density at radius 2 is 2.20 bits per heavy atom. The molecule has 0 aliphatic rings. The first kappa shape index (κ1) is 10.0. The number of aryl methyl sites for hydroxylation is 1. The maximum atomic E-state index is 10.6. The number of nitro groups is 1. The molecule has 0 amide bonds. The second-order valence-corrected chi connectivity index (χ2v) is 4.09. The van der Waals surface area contributed by atoms with Crippen LogP contribution in [-0.4, -0.2) is 16.2 Å². The van der Waals surface area contributed by atoms with Gasteiger partial charge in [-0.3, -0.25) is 10.1 Å². The van der Waals surface area contributed by atoms with Gasteiger partial charge in [-0.05, 0) is 19.2 Å². The van der Waals surface area contributed by atoms with E-state index < -0.39 is 0 Å². The number of hydrogen-bond acceptors (Lipinski definition) is 3. The molecule has 0 aliphatic carbocycles. The van der Waals surface area contributed by atoms with Crippen molar-refractivity contribution in [2.24, 2.45) is 0 Å². The number of non-ortho nitro benzene ring substituents is 1. The number of hydrogen-bond donors (Lipinski definition) is 1. The van der Waals surface area contributed by atoms with Crippen molar-refractivity contribution in [3.63, 3.8) is 0 Å². The maximum absolute atomic E-state index is 10.6. The molecule has 0 spiro atoms. The quantitative estimate of drug-likeness (QED) is 0.482. The topological polar surface area (TPSA) is 58.9 Å². The Morgan fingerprint density at radius 3 is 2.80 bits per heavy atom. The number of nitro benzene ring substituents is 1. The third-order valence-electron chi connectivity index (χ3n) is 2.33. The first-order chi connectivity index (χ1) is 7.13. The molecule has 4 nitrogen and oxygen atoms in total. The fraction of sp³-hybridized carbons (Fsp3) is 0.200. The van der Waals surface area contributed by atoms with Crippen LogP contribution in [-0.2, 0) is 0 Å². The van der Waals surface area contributed by atoms with Gasteiger partial charge in [-0.1, -0.05) is 0 Å². The van der Waals surface area contributed by atoms with Gasteiger partial charge in [0, 0.05) is 33.6 Å². The van der Waals surface area contributed by atoms with Crippen molar-refractivity contribution in [1.29, 1.82) is 0 Å². The van der Waals surface area contributed by atoms with E-state index in [1.807, 2.05) is 13.2 Å². The van der Waals surface area contributed by atoms with E-state index in [1.54, 1.807) is 23.9 Å². The minimum atomic E-state index is -0.369. The summed E-state index contributed by atoms with van der Waals surface area (Å²) in [6.45, 7) is 1.97. The molecule has 1 aromatic carbocycles. The van der Waals surface area contributed by atoms with Crippen LogP contribution in [0.3, 0.4) is 0 Å². The van der Waals surface area contributed by atoms with Gasteiger partial charge < -0.3 is 4.98 Å². The van der Waals surface area contributed by atoms with Crippen molar-refractivity contribution in [2.75, 3.05) is 6.26 Å². The van der Waals surface area contributed by atoms with Crippen molar-refractivity contribution in [3.05, 3.63) is 34.0 Å². The standard InChI is InChI=1S/C10H10N2O2S/c1-6-10(15-2)8-5-7(12(13)14)3-4-9(8)11-6/h3-5,11H,1-2H3. The molecule has 1 heterocycles. The lowest BCUT2D eigenvalue weighted by Crippen LogP contribution is -1.86. The SMILES string of the molecule is CSc1c(C)[nH]c2ccc([N+](=O)[O-])cc12. The van der Waals surface area contributed by atoms with Gasteiger partial charge in [0.25, 0.3) is 5.69 Å². The van der Waals surface area contributed by atoms with Crippen LogP contribution in [0, 0.1) is 17.0 Å². The monoisotopic (exact) mass is 222 g/mol. The molecule has 0 atom stereocenters. The van der Waals surface area contributed by atoms with Crippen LogP contribution in [0.15, 0.2) is 23.1 Å². The molecule has 0 unspecified atom stereocenters. The normalized spacial score (nSPS) is 10.8. The van der Waals surface area contributed by atoms with Crippen molar-refractivity contribution in [2.45, 2.75) is 11.8 Å². The summed E-state index contributed by atoms with van der Waals surface area (Å²) in [5.74, 6) is 0. The van der Waals surface area contributed by atoms with E-state index in [-0.39, 0.29) is 10.6 Å². The first-order valence-corrected chi connectivity index (χ1v) is 5.66. The van der Waals surface area contributed by atoms with E-state index in [2.05, 4.69) is 4.98 Å². The van der Waals surface area contributed by atoms with Crippen molar-refractivity contribution >= 4 is 28.4 Å². The molecule has 15 heavy (non-hydrogen) atoms. The zero-order valence-corrected chi connectivity index (χ0v) is 9.22. The minimum absolute atomic E-state index is 0.136. The Bertz CT molecular complexity index is 533. The second kappa shape index (κ2) is 3.58. The molecule has 78 valence electrons. The molecule has 2 aromatic rings. The molecule has 0 fully saturated rings. The zero-order valence-electron chi connectivity index (χ0n) is 8.40. The van der Waals surface area contributed by atoms with Crippen LogP contribution in [0.25, 0.3) is 10.9 Å². The number of aromatic nitrogens is 1. The Kier molecular flexibility index (Phi) is 2.40. The highest BCUT2D eigenvalue weighted by atomic mass is 32.2. The van der Waals surface area contributed by atoms with Crippen molar-refractivity contribution in [1.82, 2.24) is 4.98 Å². The average molecular weight is 222 g/mol.